The number of hydrogen-bond donors (Lipinski definition) is 1. The molecule has 0 spiro atoms. The van der Waals surface area contributed by atoms with E-state index in [0.29, 0.717) is 6.54 Å². The van der Waals surface area contributed by atoms with E-state index in [1.165, 1.54) is 0 Å². The molecule has 0 aliphatic carbocycles. The maximum absolute atomic E-state index is 11.9. The number of hydrogen-bond acceptors (Lipinski definition) is 2. The molecule has 0 saturated carbocycles. The number of halogens is 3. The molecule has 16 heavy (non-hydrogen) atoms. The lowest BCUT2D eigenvalue weighted by molar-refractivity contribution is -0.137. The average molecular weight is 228 g/mol. The van der Waals surface area contributed by atoms with Gasteiger partial charge in [0, 0.05) is 0 Å². The fraction of sp³-hybridized carbons (Fsp3) is 0.200. The summed E-state index contributed by atoms with van der Waals surface area (Å²) in [4.78, 5) is 9.44. The van der Waals surface area contributed by atoms with Gasteiger partial charge < -0.3 is 5.32 Å². The molecule has 84 valence electrons. The molecule has 0 aromatic heterocycles. The zero-order valence-electron chi connectivity index (χ0n) is 8.01. The maximum Gasteiger partial charge on any atom is 0.416 e. The van der Waals surface area contributed by atoms with Crippen LogP contribution < -0.4 is 5.32 Å². The zero-order valence-corrected chi connectivity index (χ0v) is 8.01. The third-order valence-electron chi connectivity index (χ3n) is 1.66. The predicted molar refractivity (Wildman–Crippen MR) is 49.2 cm³/mol. The van der Waals surface area contributed by atoms with Gasteiger partial charge in [-0.1, -0.05) is 0 Å². The number of amides is 1. The van der Waals surface area contributed by atoms with Gasteiger partial charge in [0.05, 0.1) is 23.7 Å². The summed E-state index contributed by atoms with van der Waals surface area (Å²) in [5, 5.41) is 10.8. The lowest BCUT2D eigenvalue weighted by Crippen LogP contribution is -2.03. The number of carbonyl (C=O) groups is 1. The van der Waals surface area contributed by atoms with Gasteiger partial charge in [0.15, 0.2) is 0 Å². The molecule has 1 aliphatic rings. The summed E-state index contributed by atoms with van der Waals surface area (Å²) >= 11 is 0. The summed E-state index contributed by atoms with van der Waals surface area (Å²) < 4.78 is 35.8. The van der Waals surface area contributed by atoms with E-state index in [1.807, 2.05) is 0 Å². The molecule has 1 aromatic carbocycles. The number of carbonyl (C=O) groups excluding carboxylic acids is 1. The normalized spacial score (nSPS) is 13.0. The fourth-order valence-electron chi connectivity index (χ4n) is 0.770. The summed E-state index contributed by atoms with van der Waals surface area (Å²) in [5.74, 6) is 0.167. The van der Waals surface area contributed by atoms with E-state index < -0.39 is 11.7 Å². The number of rotatable bonds is 0. The Morgan fingerprint density at radius 2 is 1.69 bits per heavy atom. The van der Waals surface area contributed by atoms with Crippen molar-refractivity contribution in [2.45, 2.75) is 6.18 Å². The van der Waals surface area contributed by atoms with Crippen molar-refractivity contribution in [3.8, 4) is 6.07 Å². The third kappa shape index (κ3) is 4.00. The molecule has 1 amide bonds. The van der Waals surface area contributed by atoms with Crippen molar-refractivity contribution in [2.75, 3.05) is 6.54 Å². The highest BCUT2D eigenvalue weighted by atomic mass is 19.4. The van der Waals surface area contributed by atoms with Gasteiger partial charge in [0.1, 0.15) is 0 Å². The summed E-state index contributed by atoms with van der Waals surface area (Å²) in [5.41, 5.74) is -0.510. The van der Waals surface area contributed by atoms with Gasteiger partial charge in [0.2, 0.25) is 5.91 Å². The van der Waals surface area contributed by atoms with Gasteiger partial charge in [-0.15, -0.1) is 0 Å². The number of alkyl halides is 3. The van der Waals surface area contributed by atoms with Crippen molar-refractivity contribution >= 4 is 5.91 Å². The first-order valence-corrected chi connectivity index (χ1v) is 4.27. The Bertz CT molecular complexity index is 411. The Morgan fingerprint density at radius 1 is 1.25 bits per heavy atom. The van der Waals surface area contributed by atoms with Gasteiger partial charge in [-0.25, -0.2) is 0 Å². The minimum atomic E-state index is -4.33. The van der Waals surface area contributed by atoms with Crippen molar-refractivity contribution in [2.24, 2.45) is 0 Å². The van der Waals surface area contributed by atoms with Gasteiger partial charge in [0.25, 0.3) is 0 Å². The molecule has 2 rings (SSSR count). The number of nitriles is 1. The first kappa shape index (κ1) is 12.0. The number of nitrogens with one attached hydrogen (secondary N) is 1. The van der Waals surface area contributed by atoms with Gasteiger partial charge in [-0.05, 0) is 24.3 Å². The summed E-state index contributed by atoms with van der Waals surface area (Å²) in [6, 6.07) is 5.80. The van der Waals surface area contributed by atoms with Crippen LogP contribution in [0.4, 0.5) is 13.2 Å². The van der Waals surface area contributed by atoms with Crippen LogP contribution in [0, 0.1) is 11.3 Å². The number of nitrogens with zero attached hydrogens (tertiary/aromatic N) is 1. The molecule has 0 atom stereocenters. The maximum atomic E-state index is 11.9. The second-order valence-corrected chi connectivity index (χ2v) is 2.96. The monoisotopic (exact) mass is 228 g/mol. The standard InChI is InChI=1S/C8H4F3N.C2H3NO/c9-8(10,11)7-3-1-6(5-12)2-4-7;4-2-1-3-2/h1-4H;1H2,(H,3,4). The van der Waals surface area contributed by atoms with Gasteiger partial charge >= 0.3 is 6.18 Å². The van der Waals surface area contributed by atoms with Crippen LogP contribution in [0.5, 0.6) is 0 Å². The van der Waals surface area contributed by atoms with Gasteiger partial charge in [-0.3, -0.25) is 4.79 Å². The summed E-state index contributed by atoms with van der Waals surface area (Å²) in [6.07, 6.45) is -4.33. The molecule has 1 aliphatic heterocycles. The first-order valence-electron chi connectivity index (χ1n) is 4.27. The Balaban J connectivity index is 0.000000267. The van der Waals surface area contributed by atoms with Crippen molar-refractivity contribution in [1.82, 2.24) is 5.32 Å². The lowest BCUT2D eigenvalue weighted by Gasteiger charge is -2.04. The molecule has 0 unspecified atom stereocenters. The van der Waals surface area contributed by atoms with Crippen LogP contribution in [0.15, 0.2) is 24.3 Å². The van der Waals surface area contributed by atoms with Crippen LogP contribution >= 0.6 is 0 Å². The van der Waals surface area contributed by atoms with Crippen molar-refractivity contribution in [3.63, 3.8) is 0 Å². The predicted octanol–water partition coefficient (Wildman–Crippen LogP) is 1.69. The molecule has 1 fully saturated rings. The van der Waals surface area contributed by atoms with Crippen LogP contribution in [0.25, 0.3) is 0 Å². The SMILES string of the molecule is N#Cc1ccc(C(F)(F)F)cc1.O=C1CN1. The van der Waals surface area contributed by atoms with Crippen molar-refractivity contribution < 1.29 is 18.0 Å². The zero-order chi connectivity index (χ0) is 12.2. The van der Waals surface area contributed by atoms with Crippen LogP contribution in [0.1, 0.15) is 11.1 Å². The fourth-order valence-corrected chi connectivity index (χ4v) is 0.770. The Labute approximate surface area is 89.5 Å². The lowest BCUT2D eigenvalue weighted by atomic mass is 10.1. The van der Waals surface area contributed by atoms with E-state index in [1.54, 1.807) is 6.07 Å². The Morgan fingerprint density at radius 3 is 1.94 bits per heavy atom. The highest BCUT2D eigenvalue weighted by molar-refractivity contribution is 5.91. The molecule has 1 aromatic rings. The van der Waals surface area contributed by atoms with E-state index in [2.05, 4.69) is 5.32 Å². The second-order valence-electron chi connectivity index (χ2n) is 2.96. The second kappa shape index (κ2) is 4.66. The smallest absolute Gasteiger partial charge is 0.346 e. The van der Waals surface area contributed by atoms with Crippen LogP contribution in [-0.4, -0.2) is 12.5 Å². The van der Waals surface area contributed by atoms with Gasteiger partial charge in [-0.2, -0.15) is 18.4 Å². The molecule has 1 heterocycles. The first-order chi connectivity index (χ1) is 7.43. The van der Waals surface area contributed by atoms with E-state index >= 15 is 0 Å². The number of benzene rings is 1. The topological polar surface area (TPSA) is 62.8 Å². The largest absolute Gasteiger partial charge is 0.416 e. The highest BCUT2D eigenvalue weighted by Crippen LogP contribution is 2.28. The molecule has 1 N–H and O–H groups in total. The summed E-state index contributed by atoms with van der Waals surface area (Å²) in [6.45, 7) is 0.597. The minimum absolute atomic E-state index is 0.167. The van der Waals surface area contributed by atoms with E-state index in [0.717, 1.165) is 24.3 Å². The Kier molecular flexibility index (Phi) is 3.51. The summed E-state index contributed by atoms with van der Waals surface area (Å²) in [7, 11) is 0. The van der Waals surface area contributed by atoms with E-state index in [-0.39, 0.29) is 11.5 Å². The van der Waals surface area contributed by atoms with E-state index in [4.69, 9.17) is 5.26 Å². The molecule has 1 saturated heterocycles. The quantitative estimate of drug-likeness (QED) is 0.687. The van der Waals surface area contributed by atoms with Crippen LogP contribution in [0.3, 0.4) is 0 Å². The molecule has 6 heteroatoms. The van der Waals surface area contributed by atoms with Crippen molar-refractivity contribution in [1.29, 1.82) is 5.26 Å². The van der Waals surface area contributed by atoms with Crippen molar-refractivity contribution in [3.05, 3.63) is 35.4 Å². The highest BCUT2D eigenvalue weighted by Gasteiger charge is 2.29. The molecular weight excluding hydrogens is 221 g/mol. The third-order valence-corrected chi connectivity index (χ3v) is 1.66. The van der Waals surface area contributed by atoms with E-state index in [9.17, 15) is 18.0 Å². The average Bonchev–Trinajstić information content (AvgIpc) is 3.00. The van der Waals surface area contributed by atoms with Crippen LogP contribution in [-0.2, 0) is 11.0 Å². The molecule has 0 bridgehead atoms. The minimum Gasteiger partial charge on any atom is -0.346 e. The molecule has 0 radical (unpaired) electrons. The molecular formula is C10H7F3N2O. The van der Waals surface area contributed by atoms with Crippen LogP contribution in [0.2, 0.25) is 0 Å². The Hall–Kier alpha value is -2.03. The molecule has 3 nitrogen and oxygen atoms in total.